The molecule has 1 aromatic carbocycles. The van der Waals surface area contributed by atoms with Gasteiger partial charge in [0.1, 0.15) is 17.3 Å². The lowest BCUT2D eigenvalue weighted by atomic mass is 9.99. The van der Waals surface area contributed by atoms with Crippen molar-refractivity contribution in [3.63, 3.8) is 0 Å². The van der Waals surface area contributed by atoms with Crippen LogP contribution in [0.3, 0.4) is 0 Å². The van der Waals surface area contributed by atoms with Gasteiger partial charge < -0.3 is 10.2 Å². The summed E-state index contributed by atoms with van der Waals surface area (Å²) < 4.78 is 13.5. The summed E-state index contributed by atoms with van der Waals surface area (Å²) in [6.07, 6.45) is 5.91. The Morgan fingerprint density at radius 1 is 1.24 bits per heavy atom. The average molecular weight is 342 g/mol. The molecule has 1 aliphatic rings. The van der Waals surface area contributed by atoms with Gasteiger partial charge in [0, 0.05) is 19.6 Å². The Morgan fingerprint density at radius 2 is 2.00 bits per heavy atom. The highest BCUT2D eigenvalue weighted by molar-refractivity contribution is 5.92. The topological polar surface area (TPSA) is 58.1 Å². The van der Waals surface area contributed by atoms with Crippen LogP contribution in [0, 0.1) is 11.7 Å². The van der Waals surface area contributed by atoms with Gasteiger partial charge >= 0.3 is 0 Å². The summed E-state index contributed by atoms with van der Waals surface area (Å²) >= 11 is 0. The molecule has 132 valence electrons. The van der Waals surface area contributed by atoms with E-state index < -0.39 is 0 Å². The molecule has 0 bridgehead atoms. The lowest BCUT2D eigenvalue weighted by molar-refractivity contribution is 0.0948. The van der Waals surface area contributed by atoms with Gasteiger partial charge in [0.15, 0.2) is 0 Å². The molecule has 0 saturated carbocycles. The molecule has 3 rings (SSSR count). The van der Waals surface area contributed by atoms with Crippen LogP contribution in [0.4, 0.5) is 10.2 Å². The average Bonchev–Trinajstić information content (AvgIpc) is 2.64. The first-order chi connectivity index (χ1) is 12.1. The number of carbonyl (C=O) groups is 1. The number of piperidine rings is 1. The Kier molecular flexibility index (Phi) is 5.58. The van der Waals surface area contributed by atoms with Crippen LogP contribution in [0.5, 0.6) is 0 Å². The van der Waals surface area contributed by atoms with E-state index in [0.717, 1.165) is 37.7 Å². The van der Waals surface area contributed by atoms with Crippen molar-refractivity contribution in [2.45, 2.75) is 26.2 Å². The molecule has 5 nitrogen and oxygen atoms in total. The zero-order valence-corrected chi connectivity index (χ0v) is 14.4. The number of halogens is 1. The zero-order valence-electron chi connectivity index (χ0n) is 14.4. The molecule has 2 aromatic rings. The van der Waals surface area contributed by atoms with Gasteiger partial charge in [-0.15, -0.1) is 0 Å². The second kappa shape index (κ2) is 8.05. The van der Waals surface area contributed by atoms with Crippen molar-refractivity contribution in [2.75, 3.05) is 24.5 Å². The number of aromatic nitrogens is 2. The molecule has 1 saturated heterocycles. The Hall–Kier alpha value is -2.50. The predicted octanol–water partition coefficient (Wildman–Crippen LogP) is 2.82. The summed E-state index contributed by atoms with van der Waals surface area (Å²) in [6.45, 7) is 4.57. The minimum atomic E-state index is -0.289. The first-order valence-electron chi connectivity index (χ1n) is 8.72. The van der Waals surface area contributed by atoms with Crippen LogP contribution < -0.4 is 10.2 Å². The maximum Gasteiger partial charge on any atom is 0.271 e. The standard InChI is InChI=1S/C19H23FN4O/c1-14-7-10-24(11-8-14)18-13-22-17(12-23-18)19(25)21-9-6-15-4-2-3-5-16(15)20/h2-5,12-14H,6-11H2,1H3,(H,21,25). The van der Waals surface area contributed by atoms with E-state index in [0.29, 0.717) is 18.5 Å². The molecule has 1 fully saturated rings. The van der Waals surface area contributed by atoms with Crippen molar-refractivity contribution in [1.29, 1.82) is 0 Å². The highest BCUT2D eigenvalue weighted by Crippen LogP contribution is 2.20. The Balaban J connectivity index is 1.51. The highest BCUT2D eigenvalue weighted by Gasteiger charge is 2.17. The van der Waals surface area contributed by atoms with Crippen molar-refractivity contribution in [1.82, 2.24) is 15.3 Å². The molecular formula is C19H23FN4O. The van der Waals surface area contributed by atoms with Gasteiger partial charge in [0.25, 0.3) is 5.91 Å². The van der Waals surface area contributed by atoms with Crippen LogP contribution >= 0.6 is 0 Å². The lowest BCUT2D eigenvalue weighted by Crippen LogP contribution is -2.33. The molecule has 1 aromatic heterocycles. The minimum Gasteiger partial charge on any atom is -0.355 e. The Labute approximate surface area is 147 Å². The van der Waals surface area contributed by atoms with E-state index in [2.05, 4.69) is 27.1 Å². The number of amides is 1. The molecule has 0 spiro atoms. The van der Waals surface area contributed by atoms with E-state index in [1.165, 1.54) is 12.3 Å². The number of benzene rings is 1. The zero-order chi connectivity index (χ0) is 17.6. The van der Waals surface area contributed by atoms with Crippen LogP contribution in [0.2, 0.25) is 0 Å². The van der Waals surface area contributed by atoms with E-state index in [-0.39, 0.29) is 17.4 Å². The fourth-order valence-corrected chi connectivity index (χ4v) is 2.94. The van der Waals surface area contributed by atoms with Crippen LogP contribution in [0.1, 0.15) is 35.8 Å². The number of hydrogen-bond donors (Lipinski definition) is 1. The molecule has 2 heterocycles. The van der Waals surface area contributed by atoms with Gasteiger partial charge in [-0.2, -0.15) is 0 Å². The van der Waals surface area contributed by atoms with E-state index in [9.17, 15) is 9.18 Å². The molecule has 0 unspecified atom stereocenters. The third kappa shape index (κ3) is 4.53. The number of nitrogens with one attached hydrogen (secondary N) is 1. The monoisotopic (exact) mass is 342 g/mol. The summed E-state index contributed by atoms with van der Waals surface area (Å²) in [5.41, 5.74) is 0.867. The molecule has 6 heteroatoms. The van der Waals surface area contributed by atoms with Crippen LogP contribution in [0.15, 0.2) is 36.7 Å². The van der Waals surface area contributed by atoms with Gasteiger partial charge in [-0.3, -0.25) is 4.79 Å². The highest BCUT2D eigenvalue weighted by atomic mass is 19.1. The summed E-state index contributed by atoms with van der Waals surface area (Å²) in [4.78, 5) is 22.9. The maximum absolute atomic E-state index is 13.5. The molecule has 0 aliphatic carbocycles. The second-order valence-corrected chi connectivity index (χ2v) is 6.53. The fraction of sp³-hybridized carbons (Fsp3) is 0.421. The quantitative estimate of drug-likeness (QED) is 0.908. The van der Waals surface area contributed by atoms with Crippen molar-refractivity contribution in [3.05, 3.63) is 53.7 Å². The lowest BCUT2D eigenvalue weighted by Gasteiger charge is -2.30. The normalized spacial score (nSPS) is 15.2. The molecule has 25 heavy (non-hydrogen) atoms. The van der Waals surface area contributed by atoms with Gasteiger partial charge in [0.05, 0.1) is 12.4 Å². The number of rotatable bonds is 5. The first kappa shape index (κ1) is 17.3. The Morgan fingerprint density at radius 3 is 2.68 bits per heavy atom. The number of carbonyl (C=O) groups excluding carboxylic acids is 1. The van der Waals surface area contributed by atoms with Gasteiger partial charge in [-0.05, 0) is 36.8 Å². The number of hydrogen-bond acceptors (Lipinski definition) is 4. The van der Waals surface area contributed by atoms with Crippen molar-refractivity contribution in [2.24, 2.45) is 5.92 Å². The summed E-state index contributed by atoms with van der Waals surface area (Å²) in [5.74, 6) is 1.03. The molecule has 1 N–H and O–H groups in total. The minimum absolute atomic E-state index is 0.253. The smallest absolute Gasteiger partial charge is 0.271 e. The van der Waals surface area contributed by atoms with Crippen molar-refractivity contribution < 1.29 is 9.18 Å². The summed E-state index contributed by atoms with van der Waals surface area (Å²) in [7, 11) is 0. The predicted molar refractivity (Wildman–Crippen MR) is 95.1 cm³/mol. The number of anilines is 1. The summed E-state index contributed by atoms with van der Waals surface area (Å²) in [5, 5.41) is 2.76. The maximum atomic E-state index is 13.5. The van der Waals surface area contributed by atoms with Gasteiger partial charge in [-0.25, -0.2) is 14.4 Å². The van der Waals surface area contributed by atoms with E-state index in [1.807, 2.05) is 0 Å². The van der Waals surface area contributed by atoms with Crippen LogP contribution in [0.25, 0.3) is 0 Å². The third-order valence-corrected chi connectivity index (χ3v) is 4.62. The van der Waals surface area contributed by atoms with Gasteiger partial charge in [0.2, 0.25) is 0 Å². The molecule has 0 atom stereocenters. The van der Waals surface area contributed by atoms with Crippen LogP contribution in [-0.2, 0) is 6.42 Å². The van der Waals surface area contributed by atoms with E-state index >= 15 is 0 Å². The van der Waals surface area contributed by atoms with Gasteiger partial charge in [-0.1, -0.05) is 25.1 Å². The first-order valence-corrected chi connectivity index (χ1v) is 8.72. The largest absolute Gasteiger partial charge is 0.355 e. The molecule has 1 aliphatic heterocycles. The second-order valence-electron chi connectivity index (χ2n) is 6.53. The van der Waals surface area contributed by atoms with Crippen molar-refractivity contribution in [3.8, 4) is 0 Å². The van der Waals surface area contributed by atoms with E-state index in [1.54, 1.807) is 24.4 Å². The number of nitrogens with zero attached hydrogens (tertiary/aromatic N) is 3. The summed E-state index contributed by atoms with van der Waals surface area (Å²) in [6, 6.07) is 6.57. The molecular weight excluding hydrogens is 319 g/mol. The van der Waals surface area contributed by atoms with Crippen LogP contribution in [-0.4, -0.2) is 35.5 Å². The van der Waals surface area contributed by atoms with Crippen molar-refractivity contribution >= 4 is 11.7 Å². The Bertz CT molecular complexity index is 712. The molecule has 0 radical (unpaired) electrons. The van der Waals surface area contributed by atoms with E-state index in [4.69, 9.17) is 0 Å². The third-order valence-electron chi connectivity index (χ3n) is 4.62. The fourth-order valence-electron chi connectivity index (χ4n) is 2.94. The SMILES string of the molecule is CC1CCN(c2cnc(C(=O)NCCc3ccccc3F)cn2)CC1. The molecule has 1 amide bonds.